The lowest BCUT2D eigenvalue weighted by Gasteiger charge is -2.12. The lowest BCUT2D eigenvalue weighted by molar-refractivity contribution is -0.121. The summed E-state index contributed by atoms with van der Waals surface area (Å²) in [5, 5.41) is 8.19. The summed E-state index contributed by atoms with van der Waals surface area (Å²) < 4.78 is 0. The Labute approximate surface area is 125 Å². The molecule has 0 fully saturated rings. The van der Waals surface area contributed by atoms with Crippen LogP contribution in [0, 0.1) is 0 Å². The van der Waals surface area contributed by atoms with Crippen molar-refractivity contribution in [1.82, 2.24) is 10.6 Å². The van der Waals surface area contributed by atoms with Gasteiger partial charge in [-0.05, 0) is 31.0 Å². The predicted octanol–water partition coefficient (Wildman–Crippen LogP) is 1.57. The average Bonchev–Trinajstić information content (AvgIpc) is 2.47. The maximum Gasteiger partial charge on any atom is 0.319 e. The van der Waals surface area contributed by atoms with Gasteiger partial charge in [-0.25, -0.2) is 4.79 Å². The van der Waals surface area contributed by atoms with Crippen LogP contribution in [0.5, 0.6) is 0 Å². The highest BCUT2D eigenvalue weighted by molar-refractivity contribution is 5.89. The topological polar surface area (TPSA) is 96.2 Å². The molecule has 21 heavy (non-hydrogen) atoms. The quantitative estimate of drug-likeness (QED) is 0.614. The maximum atomic E-state index is 11.6. The number of hydrogen-bond donors (Lipinski definition) is 4. The molecule has 0 bridgehead atoms. The zero-order chi connectivity index (χ0) is 15.7. The number of benzene rings is 1. The summed E-state index contributed by atoms with van der Waals surface area (Å²) in [6.07, 6.45) is 1.16. The molecule has 3 amide bonds. The molecule has 0 aromatic heterocycles. The van der Waals surface area contributed by atoms with Crippen molar-refractivity contribution in [1.29, 1.82) is 0 Å². The van der Waals surface area contributed by atoms with E-state index in [0.29, 0.717) is 18.8 Å². The second-order valence-corrected chi connectivity index (χ2v) is 4.91. The summed E-state index contributed by atoms with van der Waals surface area (Å²) in [4.78, 5) is 23.2. The van der Waals surface area contributed by atoms with Gasteiger partial charge in [0, 0.05) is 31.2 Å². The first-order valence-corrected chi connectivity index (χ1v) is 7.18. The molecule has 6 nitrogen and oxygen atoms in total. The van der Waals surface area contributed by atoms with E-state index in [0.717, 1.165) is 12.0 Å². The standard InChI is InChI=1S/C15H24N4O2/c1-3-11(2)18-14(20)8-9-17-15(21)19-13-6-4-12(10-16)5-7-13/h4-7,11H,3,8-10,16H2,1-2H3,(H,18,20)(H2,17,19,21). The van der Waals surface area contributed by atoms with Gasteiger partial charge in [-0.1, -0.05) is 19.1 Å². The molecular formula is C15H24N4O2. The molecule has 0 aliphatic heterocycles. The molecule has 0 heterocycles. The summed E-state index contributed by atoms with van der Waals surface area (Å²) in [5.41, 5.74) is 7.19. The zero-order valence-corrected chi connectivity index (χ0v) is 12.6. The third-order valence-corrected chi connectivity index (χ3v) is 3.10. The molecule has 0 aliphatic rings. The van der Waals surface area contributed by atoms with E-state index in [1.54, 1.807) is 12.1 Å². The Morgan fingerprint density at radius 1 is 1.24 bits per heavy atom. The smallest absolute Gasteiger partial charge is 0.319 e. The normalized spacial score (nSPS) is 11.6. The second kappa shape index (κ2) is 8.97. The molecule has 116 valence electrons. The minimum absolute atomic E-state index is 0.0584. The van der Waals surface area contributed by atoms with Gasteiger partial charge in [-0.3, -0.25) is 4.79 Å². The Hall–Kier alpha value is -2.08. The average molecular weight is 292 g/mol. The van der Waals surface area contributed by atoms with Crippen LogP contribution in [0.3, 0.4) is 0 Å². The Morgan fingerprint density at radius 2 is 1.90 bits per heavy atom. The van der Waals surface area contributed by atoms with Gasteiger partial charge in [0.1, 0.15) is 0 Å². The van der Waals surface area contributed by atoms with Gasteiger partial charge in [-0.15, -0.1) is 0 Å². The minimum atomic E-state index is -0.327. The van der Waals surface area contributed by atoms with E-state index in [1.165, 1.54) is 0 Å². The number of nitrogens with two attached hydrogens (primary N) is 1. The van der Waals surface area contributed by atoms with Gasteiger partial charge in [0.15, 0.2) is 0 Å². The van der Waals surface area contributed by atoms with Crippen LogP contribution in [0.15, 0.2) is 24.3 Å². The number of hydrogen-bond acceptors (Lipinski definition) is 3. The van der Waals surface area contributed by atoms with E-state index in [2.05, 4.69) is 16.0 Å². The van der Waals surface area contributed by atoms with Crippen molar-refractivity contribution in [2.24, 2.45) is 5.73 Å². The number of nitrogens with one attached hydrogen (secondary N) is 3. The Balaban J connectivity index is 2.26. The molecule has 6 heteroatoms. The fourth-order valence-corrected chi connectivity index (χ4v) is 1.64. The first-order valence-electron chi connectivity index (χ1n) is 7.18. The molecule has 1 aromatic carbocycles. The van der Waals surface area contributed by atoms with E-state index in [-0.39, 0.29) is 24.4 Å². The van der Waals surface area contributed by atoms with Crippen molar-refractivity contribution in [3.05, 3.63) is 29.8 Å². The molecule has 1 atom stereocenters. The van der Waals surface area contributed by atoms with Crippen LogP contribution in [0.4, 0.5) is 10.5 Å². The van der Waals surface area contributed by atoms with Crippen LogP contribution in [-0.4, -0.2) is 24.5 Å². The molecule has 0 saturated heterocycles. The minimum Gasteiger partial charge on any atom is -0.354 e. The molecule has 1 aromatic rings. The summed E-state index contributed by atoms with van der Waals surface area (Å²) in [6.45, 7) is 4.72. The third kappa shape index (κ3) is 6.76. The van der Waals surface area contributed by atoms with Gasteiger partial charge in [-0.2, -0.15) is 0 Å². The van der Waals surface area contributed by atoms with Crippen LogP contribution >= 0.6 is 0 Å². The van der Waals surface area contributed by atoms with Crippen molar-refractivity contribution in [3.8, 4) is 0 Å². The van der Waals surface area contributed by atoms with Crippen molar-refractivity contribution in [2.45, 2.75) is 39.3 Å². The Bertz CT molecular complexity index is 459. The lowest BCUT2D eigenvalue weighted by atomic mass is 10.2. The van der Waals surface area contributed by atoms with Crippen LogP contribution in [-0.2, 0) is 11.3 Å². The zero-order valence-electron chi connectivity index (χ0n) is 12.6. The fourth-order valence-electron chi connectivity index (χ4n) is 1.64. The lowest BCUT2D eigenvalue weighted by Crippen LogP contribution is -2.36. The molecule has 0 saturated carbocycles. The third-order valence-electron chi connectivity index (χ3n) is 3.10. The molecule has 5 N–H and O–H groups in total. The first-order chi connectivity index (χ1) is 10.0. The summed E-state index contributed by atoms with van der Waals surface area (Å²) in [6, 6.07) is 7.12. The molecule has 0 radical (unpaired) electrons. The van der Waals surface area contributed by atoms with Gasteiger partial charge < -0.3 is 21.7 Å². The predicted molar refractivity (Wildman–Crippen MR) is 83.9 cm³/mol. The second-order valence-electron chi connectivity index (χ2n) is 4.91. The fraction of sp³-hybridized carbons (Fsp3) is 0.467. The highest BCUT2D eigenvalue weighted by Gasteiger charge is 2.06. The molecule has 1 rings (SSSR count). The molecule has 0 spiro atoms. The van der Waals surface area contributed by atoms with E-state index in [9.17, 15) is 9.59 Å². The number of amides is 3. The molecular weight excluding hydrogens is 268 g/mol. The van der Waals surface area contributed by atoms with E-state index in [4.69, 9.17) is 5.73 Å². The van der Waals surface area contributed by atoms with E-state index >= 15 is 0 Å². The Morgan fingerprint density at radius 3 is 2.48 bits per heavy atom. The number of rotatable bonds is 7. The summed E-state index contributed by atoms with van der Waals surface area (Å²) in [7, 11) is 0. The van der Waals surface area contributed by atoms with Gasteiger partial charge in [0.25, 0.3) is 0 Å². The largest absolute Gasteiger partial charge is 0.354 e. The van der Waals surface area contributed by atoms with Crippen molar-refractivity contribution in [2.75, 3.05) is 11.9 Å². The van der Waals surface area contributed by atoms with Crippen LogP contribution in [0.2, 0.25) is 0 Å². The van der Waals surface area contributed by atoms with Crippen LogP contribution < -0.4 is 21.7 Å². The monoisotopic (exact) mass is 292 g/mol. The van der Waals surface area contributed by atoms with Gasteiger partial charge in [0.2, 0.25) is 5.91 Å². The van der Waals surface area contributed by atoms with E-state index in [1.807, 2.05) is 26.0 Å². The van der Waals surface area contributed by atoms with Gasteiger partial charge in [0.05, 0.1) is 0 Å². The SMILES string of the molecule is CCC(C)NC(=O)CCNC(=O)Nc1ccc(CN)cc1. The Kier molecular flexibility index (Phi) is 7.25. The van der Waals surface area contributed by atoms with Crippen LogP contribution in [0.1, 0.15) is 32.3 Å². The number of carbonyl (C=O) groups excluding carboxylic acids is 2. The van der Waals surface area contributed by atoms with Crippen LogP contribution in [0.25, 0.3) is 0 Å². The highest BCUT2D eigenvalue weighted by Crippen LogP contribution is 2.08. The maximum absolute atomic E-state index is 11.6. The first kappa shape index (κ1) is 17.0. The summed E-state index contributed by atoms with van der Waals surface area (Å²) in [5.74, 6) is -0.0584. The highest BCUT2D eigenvalue weighted by atomic mass is 16.2. The summed E-state index contributed by atoms with van der Waals surface area (Å²) >= 11 is 0. The van der Waals surface area contributed by atoms with Crippen molar-refractivity contribution in [3.63, 3.8) is 0 Å². The number of carbonyl (C=O) groups is 2. The van der Waals surface area contributed by atoms with Crippen molar-refractivity contribution >= 4 is 17.6 Å². The molecule has 1 unspecified atom stereocenters. The van der Waals surface area contributed by atoms with Crippen molar-refractivity contribution < 1.29 is 9.59 Å². The van der Waals surface area contributed by atoms with E-state index < -0.39 is 0 Å². The molecule has 0 aliphatic carbocycles. The van der Waals surface area contributed by atoms with Gasteiger partial charge >= 0.3 is 6.03 Å². The number of urea groups is 1. The number of anilines is 1.